The van der Waals surface area contributed by atoms with E-state index in [1.54, 1.807) is 0 Å². The molecule has 1 fully saturated rings. The van der Waals surface area contributed by atoms with Crippen LogP contribution in [0.5, 0.6) is 0 Å². The molecule has 0 amide bonds. The maximum atomic E-state index is 12.2. The summed E-state index contributed by atoms with van der Waals surface area (Å²) in [6.07, 6.45) is 2.28. The van der Waals surface area contributed by atoms with E-state index in [0.717, 1.165) is 25.8 Å². The van der Waals surface area contributed by atoms with Gasteiger partial charge in [0.15, 0.2) is 0 Å². The van der Waals surface area contributed by atoms with Crippen LogP contribution in [0.25, 0.3) is 0 Å². The molecule has 1 rings (SSSR count). The van der Waals surface area contributed by atoms with Crippen LogP contribution < -0.4 is 5.32 Å². The number of alkyl halides is 1. The van der Waals surface area contributed by atoms with Crippen molar-refractivity contribution in [2.75, 3.05) is 13.6 Å². The van der Waals surface area contributed by atoms with Crippen molar-refractivity contribution in [2.45, 2.75) is 25.4 Å². The summed E-state index contributed by atoms with van der Waals surface area (Å²) in [6, 6.07) is 0. The van der Waals surface area contributed by atoms with E-state index in [0.29, 0.717) is 5.92 Å². The van der Waals surface area contributed by atoms with E-state index in [2.05, 4.69) is 5.32 Å². The molecule has 0 atom stereocenters. The highest BCUT2D eigenvalue weighted by molar-refractivity contribution is 4.78. The first kappa shape index (κ1) is 7.00. The van der Waals surface area contributed by atoms with Gasteiger partial charge in [-0.25, -0.2) is 4.39 Å². The molecule has 9 heavy (non-hydrogen) atoms. The molecule has 0 radical (unpaired) electrons. The van der Waals surface area contributed by atoms with E-state index in [4.69, 9.17) is 0 Å². The molecule has 1 aliphatic rings. The number of hydrogen-bond acceptors (Lipinski definition) is 1. The van der Waals surface area contributed by atoms with E-state index in [9.17, 15) is 4.39 Å². The second kappa shape index (κ2) is 3.16. The number of hydrogen-bond donors (Lipinski definition) is 1. The largest absolute Gasteiger partial charge is 0.320 e. The maximum absolute atomic E-state index is 12.2. The Hall–Kier alpha value is -0.110. The van der Waals surface area contributed by atoms with Crippen molar-refractivity contribution < 1.29 is 4.39 Å². The lowest BCUT2D eigenvalue weighted by Crippen LogP contribution is -2.27. The Morgan fingerprint density at radius 2 is 2.22 bits per heavy atom. The first-order valence-corrected chi connectivity index (χ1v) is 3.61. The van der Waals surface area contributed by atoms with Gasteiger partial charge in [-0.2, -0.15) is 0 Å². The van der Waals surface area contributed by atoms with Crippen LogP contribution in [0.4, 0.5) is 4.39 Å². The molecule has 0 aromatic carbocycles. The highest BCUT2D eigenvalue weighted by Crippen LogP contribution is 2.31. The van der Waals surface area contributed by atoms with E-state index in [-0.39, 0.29) is 0 Å². The van der Waals surface area contributed by atoms with Gasteiger partial charge in [-0.1, -0.05) is 0 Å². The molecule has 1 saturated carbocycles. The first-order valence-electron chi connectivity index (χ1n) is 3.61. The molecule has 1 aliphatic carbocycles. The lowest BCUT2D eigenvalue weighted by molar-refractivity contribution is 0.125. The SMILES string of the molecule is CNCCC1CC(F)C1. The van der Waals surface area contributed by atoms with Crippen LogP contribution in [0.15, 0.2) is 0 Å². The molecule has 0 unspecified atom stereocenters. The summed E-state index contributed by atoms with van der Waals surface area (Å²) in [6.45, 7) is 1.04. The zero-order valence-electron chi connectivity index (χ0n) is 5.86. The summed E-state index contributed by atoms with van der Waals surface area (Å²) in [7, 11) is 1.94. The van der Waals surface area contributed by atoms with Gasteiger partial charge in [0, 0.05) is 0 Å². The smallest absolute Gasteiger partial charge is 0.101 e. The predicted molar refractivity (Wildman–Crippen MR) is 36.2 cm³/mol. The summed E-state index contributed by atoms with van der Waals surface area (Å²) in [5.41, 5.74) is 0. The van der Waals surface area contributed by atoms with E-state index in [1.165, 1.54) is 0 Å². The van der Waals surface area contributed by atoms with Gasteiger partial charge >= 0.3 is 0 Å². The summed E-state index contributed by atoms with van der Waals surface area (Å²) in [5, 5.41) is 3.06. The molecule has 1 nitrogen and oxygen atoms in total. The second-order valence-electron chi connectivity index (χ2n) is 2.83. The van der Waals surface area contributed by atoms with Gasteiger partial charge in [0.05, 0.1) is 0 Å². The molecule has 0 saturated heterocycles. The normalized spacial score (nSPS) is 34.0. The molecular formula is C7H14FN. The maximum Gasteiger partial charge on any atom is 0.101 e. The lowest BCUT2D eigenvalue weighted by Gasteiger charge is -2.29. The van der Waals surface area contributed by atoms with E-state index in [1.807, 2.05) is 7.05 Å². The van der Waals surface area contributed by atoms with Gasteiger partial charge in [0.2, 0.25) is 0 Å². The Bertz CT molecular complexity index is 79.0. The van der Waals surface area contributed by atoms with Crippen molar-refractivity contribution in [2.24, 2.45) is 5.92 Å². The average molecular weight is 131 g/mol. The Morgan fingerprint density at radius 3 is 2.67 bits per heavy atom. The predicted octanol–water partition coefficient (Wildman–Crippen LogP) is 1.34. The van der Waals surface area contributed by atoms with Crippen LogP contribution in [0.2, 0.25) is 0 Å². The minimum Gasteiger partial charge on any atom is -0.320 e. The van der Waals surface area contributed by atoms with Crippen molar-refractivity contribution in [1.29, 1.82) is 0 Å². The molecule has 0 aromatic heterocycles. The minimum atomic E-state index is -0.480. The first-order chi connectivity index (χ1) is 4.33. The van der Waals surface area contributed by atoms with E-state index < -0.39 is 6.17 Å². The Balaban J connectivity index is 1.91. The van der Waals surface area contributed by atoms with Gasteiger partial charge < -0.3 is 5.32 Å². The van der Waals surface area contributed by atoms with Gasteiger partial charge in [0.25, 0.3) is 0 Å². The number of nitrogens with one attached hydrogen (secondary N) is 1. The second-order valence-corrected chi connectivity index (χ2v) is 2.83. The molecular weight excluding hydrogens is 117 g/mol. The topological polar surface area (TPSA) is 12.0 Å². The third kappa shape index (κ3) is 1.94. The summed E-state index contributed by atoms with van der Waals surface area (Å²) >= 11 is 0. The minimum absolute atomic E-state index is 0.480. The molecule has 2 heteroatoms. The Labute approximate surface area is 55.6 Å². The summed E-state index contributed by atoms with van der Waals surface area (Å²) in [4.78, 5) is 0. The molecule has 1 N–H and O–H groups in total. The van der Waals surface area contributed by atoms with Gasteiger partial charge in [-0.05, 0) is 38.8 Å². The van der Waals surface area contributed by atoms with Crippen LogP contribution in [0, 0.1) is 5.92 Å². The Morgan fingerprint density at radius 1 is 1.56 bits per heavy atom. The van der Waals surface area contributed by atoms with Crippen LogP contribution in [-0.2, 0) is 0 Å². The lowest BCUT2D eigenvalue weighted by atomic mass is 9.81. The zero-order chi connectivity index (χ0) is 6.69. The van der Waals surface area contributed by atoms with E-state index >= 15 is 0 Å². The van der Waals surface area contributed by atoms with Crippen molar-refractivity contribution in [3.63, 3.8) is 0 Å². The molecule has 0 aliphatic heterocycles. The Kier molecular flexibility index (Phi) is 2.46. The molecule has 0 aromatic rings. The van der Waals surface area contributed by atoms with Gasteiger partial charge in [-0.3, -0.25) is 0 Å². The van der Waals surface area contributed by atoms with Crippen LogP contribution in [0.3, 0.4) is 0 Å². The van der Waals surface area contributed by atoms with Crippen molar-refractivity contribution in [3.8, 4) is 0 Å². The van der Waals surface area contributed by atoms with Gasteiger partial charge in [-0.15, -0.1) is 0 Å². The van der Waals surface area contributed by atoms with Crippen LogP contribution >= 0.6 is 0 Å². The fraction of sp³-hybridized carbons (Fsp3) is 1.00. The number of rotatable bonds is 3. The number of halogens is 1. The molecule has 0 spiro atoms. The zero-order valence-corrected chi connectivity index (χ0v) is 5.86. The summed E-state index contributed by atoms with van der Waals surface area (Å²) in [5.74, 6) is 0.674. The van der Waals surface area contributed by atoms with Crippen molar-refractivity contribution >= 4 is 0 Å². The fourth-order valence-corrected chi connectivity index (χ4v) is 1.24. The van der Waals surface area contributed by atoms with Crippen LogP contribution in [-0.4, -0.2) is 19.8 Å². The van der Waals surface area contributed by atoms with Gasteiger partial charge in [0.1, 0.15) is 6.17 Å². The third-order valence-corrected chi connectivity index (χ3v) is 1.98. The standard InChI is InChI=1S/C7H14FN/c1-9-3-2-6-4-7(8)5-6/h6-7,9H,2-5H2,1H3. The quantitative estimate of drug-likeness (QED) is 0.609. The third-order valence-electron chi connectivity index (χ3n) is 1.98. The monoisotopic (exact) mass is 131 g/mol. The fourth-order valence-electron chi connectivity index (χ4n) is 1.24. The summed E-state index contributed by atoms with van der Waals surface area (Å²) < 4.78 is 12.2. The van der Waals surface area contributed by atoms with Crippen molar-refractivity contribution in [1.82, 2.24) is 5.32 Å². The molecule has 0 bridgehead atoms. The van der Waals surface area contributed by atoms with Crippen molar-refractivity contribution in [3.05, 3.63) is 0 Å². The van der Waals surface area contributed by atoms with Crippen LogP contribution in [0.1, 0.15) is 19.3 Å². The average Bonchev–Trinajstić information content (AvgIpc) is 1.78. The highest BCUT2D eigenvalue weighted by atomic mass is 19.1. The highest BCUT2D eigenvalue weighted by Gasteiger charge is 2.27. The molecule has 0 heterocycles. The molecule has 54 valence electrons.